The van der Waals surface area contributed by atoms with Crippen LogP contribution in [0, 0.1) is 0 Å². The van der Waals surface area contributed by atoms with Gasteiger partial charge in [-0.2, -0.15) is 0 Å². The Morgan fingerprint density at radius 1 is 1.54 bits per heavy atom. The molecule has 0 amide bonds. The highest BCUT2D eigenvalue weighted by Crippen LogP contribution is 2.28. The minimum atomic E-state index is 0.628. The van der Waals surface area contributed by atoms with Crippen molar-refractivity contribution in [2.75, 3.05) is 13.1 Å². The van der Waals surface area contributed by atoms with Crippen LogP contribution in [0.25, 0.3) is 0 Å². The molecule has 72 valence electrons. The zero-order chi connectivity index (χ0) is 9.10. The standard InChI is InChI=1S/C9H15N3S/c10-5-8-6-12-9(13-8)7-1-3-11-4-2-7/h6-7,11H,1-5,10H2. The molecule has 0 atom stereocenters. The van der Waals surface area contributed by atoms with Crippen molar-refractivity contribution in [3.05, 3.63) is 16.1 Å². The van der Waals surface area contributed by atoms with Gasteiger partial charge in [0.15, 0.2) is 0 Å². The van der Waals surface area contributed by atoms with Gasteiger partial charge < -0.3 is 11.1 Å². The van der Waals surface area contributed by atoms with Crippen molar-refractivity contribution in [3.63, 3.8) is 0 Å². The Morgan fingerprint density at radius 3 is 2.92 bits per heavy atom. The van der Waals surface area contributed by atoms with Crippen LogP contribution in [0.3, 0.4) is 0 Å². The molecule has 1 saturated heterocycles. The Kier molecular flexibility index (Phi) is 2.93. The van der Waals surface area contributed by atoms with Crippen LogP contribution in [-0.2, 0) is 6.54 Å². The van der Waals surface area contributed by atoms with Gasteiger partial charge in [0.2, 0.25) is 0 Å². The van der Waals surface area contributed by atoms with Crippen molar-refractivity contribution in [1.29, 1.82) is 0 Å². The highest BCUT2D eigenvalue weighted by Gasteiger charge is 2.17. The Labute approximate surface area is 82.4 Å². The Bertz CT molecular complexity index is 266. The van der Waals surface area contributed by atoms with Gasteiger partial charge in [-0.3, -0.25) is 0 Å². The molecule has 0 aliphatic carbocycles. The van der Waals surface area contributed by atoms with Crippen LogP contribution in [0.5, 0.6) is 0 Å². The van der Waals surface area contributed by atoms with E-state index in [1.807, 2.05) is 6.20 Å². The first-order chi connectivity index (χ1) is 6.40. The molecule has 13 heavy (non-hydrogen) atoms. The van der Waals surface area contributed by atoms with Gasteiger partial charge in [0.25, 0.3) is 0 Å². The molecule has 1 fully saturated rings. The van der Waals surface area contributed by atoms with E-state index < -0.39 is 0 Å². The van der Waals surface area contributed by atoms with E-state index in [0.717, 1.165) is 13.1 Å². The van der Waals surface area contributed by atoms with Gasteiger partial charge >= 0.3 is 0 Å². The smallest absolute Gasteiger partial charge is 0.0960 e. The first kappa shape index (κ1) is 9.12. The fourth-order valence-corrected chi connectivity index (χ4v) is 2.64. The quantitative estimate of drug-likeness (QED) is 0.745. The lowest BCUT2D eigenvalue weighted by atomic mass is 9.99. The summed E-state index contributed by atoms with van der Waals surface area (Å²) < 4.78 is 0. The van der Waals surface area contributed by atoms with Crippen molar-refractivity contribution in [2.45, 2.75) is 25.3 Å². The molecule has 1 aliphatic rings. The van der Waals surface area contributed by atoms with Crippen LogP contribution in [-0.4, -0.2) is 18.1 Å². The Hall–Kier alpha value is -0.450. The number of hydrogen-bond acceptors (Lipinski definition) is 4. The van der Waals surface area contributed by atoms with E-state index in [1.165, 1.54) is 22.7 Å². The van der Waals surface area contributed by atoms with Crippen molar-refractivity contribution in [2.24, 2.45) is 5.73 Å². The molecule has 2 rings (SSSR count). The van der Waals surface area contributed by atoms with Gasteiger partial charge in [0, 0.05) is 23.5 Å². The molecular weight excluding hydrogens is 182 g/mol. The van der Waals surface area contributed by atoms with Gasteiger partial charge in [-0.1, -0.05) is 0 Å². The van der Waals surface area contributed by atoms with E-state index in [1.54, 1.807) is 11.3 Å². The molecule has 3 nitrogen and oxygen atoms in total. The maximum atomic E-state index is 5.55. The van der Waals surface area contributed by atoms with Gasteiger partial charge in [0.05, 0.1) is 5.01 Å². The van der Waals surface area contributed by atoms with Crippen LogP contribution in [0.4, 0.5) is 0 Å². The number of hydrogen-bond donors (Lipinski definition) is 2. The average Bonchev–Trinajstić information content (AvgIpc) is 2.67. The van der Waals surface area contributed by atoms with Crippen molar-refractivity contribution in [3.8, 4) is 0 Å². The lowest BCUT2D eigenvalue weighted by molar-refractivity contribution is 0.459. The van der Waals surface area contributed by atoms with E-state index in [9.17, 15) is 0 Å². The predicted octanol–water partition coefficient (Wildman–Crippen LogP) is 1.07. The Morgan fingerprint density at radius 2 is 2.31 bits per heavy atom. The fraction of sp³-hybridized carbons (Fsp3) is 0.667. The van der Waals surface area contributed by atoms with Crippen LogP contribution in [0.15, 0.2) is 6.20 Å². The highest BCUT2D eigenvalue weighted by molar-refractivity contribution is 7.11. The summed E-state index contributed by atoms with van der Waals surface area (Å²) in [6, 6.07) is 0. The maximum absolute atomic E-state index is 5.55. The molecule has 1 aromatic rings. The van der Waals surface area contributed by atoms with Crippen LogP contribution >= 0.6 is 11.3 Å². The lowest BCUT2D eigenvalue weighted by Crippen LogP contribution is -2.26. The summed E-state index contributed by atoms with van der Waals surface area (Å²) in [5, 5.41) is 4.64. The molecule has 2 heterocycles. The minimum absolute atomic E-state index is 0.628. The lowest BCUT2D eigenvalue weighted by Gasteiger charge is -2.20. The first-order valence-corrected chi connectivity index (χ1v) is 5.57. The van der Waals surface area contributed by atoms with Crippen LogP contribution in [0.1, 0.15) is 28.6 Å². The third kappa shape index (κ3) is 2.07. The van der Waals surface area contributed by atoms with E-state index in [-0.39, 0.29) is 0 Å². The molecule has 0 unspecified atom stereocenters. The second-order valence-electron chi connectivity index (χ2n) is 3.39. The van der Waals surface area contributed by atoms with Crippen LogP contribution in [0.2, 0.25) is 0 Å². The molecule has 0 aromatic carbocycles. The zero-order valence-corrected chi connectivity index (χ0v) is 8.44. The van der Waals surface area contributed by atoms with Crippen molar-refractivity contribution < 1.29 is 0 Å². The summed E-state index contributed by atoms with van der Waals surface area (Å²) in [6.07, 6.45) is 4.36. The highest BCUT2D eigenvalue weighted by atomic mass is 32.1. The number of rotatable bonds is 2. The number of nitrogens with zero attached hydrogens (tertiary/aromatic N) is 1. The number of nitrogens with two attached hydrogens (primary N) is 1. The molecule has 1 aliphatic heterocycles. The van der Waals surface area contributed by atoms with Gasteiger partial charge in [0.1, 0.15) is 0 Å². The van der Waals surface area contributed by atoms with E-state index in [4.69, 9.17) is 5.73 Å². The van der Waals surface area contributed by atoms with Gasteiger partial charge in [-0.25, -0.2) is 4.98 Å². The summed E-state index contributed by atoms with van der Waals surface area (Å²) in [5.74, 6) is 0.673. The molecule has 0 bridgehead atoms. The largest absolute Gasteiger partial charge is 0.326 e. The second kappa shape index (κ2) is 4.17. The summed E-state index contributed by atoms with van der Waals surface area (Å²) in [5.41, 5.74) is 5.55. The number of nitrogens with one attached hydrogen (secondary N) is 1. The molecule has 3 N–H and O–H groups in total. The molecule has 1 aromatic heterocycles. The normalized spacial score (nSPS) is 19.2. The molecule has 4 heteroatoms. The summed E-state index contributed by atoms with van der Waals surface area (Å²) in [6.45, 7) is 2.88. The van der Waals surface area contributed by atoms with Crippen molar-refractivity contribution >= 4 is 11.3 Å². The summed E-state index contributed by atoms with van der Waals surface area (Å²) in [4.78, 5) is 5.62. The topological polar surface area (TPSA) is 50.9 Å². The van der Waals surface area contributed by atoms with E-state index in [2.05, 4.69) is 10.3 Å². The third-order valence-corrected chi connectivity index (χ3v) is 3.64. The molecular formula is C9H15N3S. The number of thiazole rings is 1. The van der Waals surface area contributed by atoms with Gasteiger partial charge in [-0.15, -0.1) is 11.3 Å². The van der Waals surface area contributed by atoms with Crippen molar-refractivity contribution in [1.82, 2.24) is 10.3 Å². The third-order valence-electron chi connectivity index (χ3n) is 2.46. The maximum Gasteiger partial charge on any atom is 0.0960 e. The monoisotopic (exact) mass is 197 g/mol. The number of piperidine rings is 1. The number of aromatic nitrogens is 1. The first-order valence-electron chi connectivity index (χ1n) is 4.75. The summed E-state index contributed by atoms with van der Waals surface area (Å²) in [7, 11) is 0. The minimum Gasteiger partial charge on any atom is -0.326 e. The van der Waals surface area contributed by atoms with Gasteiger partial charge in [-0.05, 0) is 25.9 Å². The molecule has 0 saturated carbocycles. The molecule has 0 spiro atoms. The van der Waals surface area contributed by atoms with Crippen LogP contribution < -0.4 is 11.1 Å². The Balaban J connectivity index is 2.05. The van der Waals surface area contributed by atoms with E-state index >= 15 is 0 Å². The SMILES string of the molecule is NCc1cnc(C2CCNCC2)s1. The van der Waals surface area contributed by atoms with E-state index in [0.29, 0.717) is 12.5 Å². The second-order valence-corrected chi connectivity index (χ2v) is 4.54. The fourth-order valence-electron chi connectivity index (χ4n) is 1.67. The zero-order valence-electron chi connectivity index (χ0n) is 7.62. The molecule has 0 radical (unpaired) electrons. The average molecular weight is 197 g/mol. The summed E-state index contributed by atoms with van der Waals surface area (Å²) >= 11 is 1.78. The predicted molar refractivity (Wildman–Crippen MR) is 54.9 cm³/mol.